The summed E-state index contributed by atoms with van der Waals surface area (Å²) in [6, 6.07) is 22.2. The summed E-state index contributed by atoms with van der Waals surface area (Å²) in [7, 11) is 0. The highest BCUT2D eigenvalue weighted by Gasteiger charge is 2.08. The maximum atomic E-state index is 13.1. The van der Waals surface area contributed by atoms with Crippen LogP contribution in [0.5, 0.6) is 0 Å². The van der Waals surface area contributed by atoms with Crippen molar-refractivity contribution in [3.63, 3.8) is 0 Å². The highest BCUT2D eigenvalue weighted by atomic mass is 35.5. The number of fused-ring (bicyclic) bond motifs is 1. The normalized spacial score (nSPS) is 10.9. The van der Waals surface area contributed by atoms with Gasteiger partial charge in [-0.1, -0.05) is 59.8 Å². The lowest BCUT2D eigenvalue weighted by atomic mass is 10.2. The molecule has 1 heterocycles. The second-order valence-corrected chi connectivity index (χ2v) is 7.65. The zero-order valence-electron chi connectivity index (χ0n) is 14.9. The van der Waals surface area contributed by atoms with Crippen molar-refractivity contribution in [2.24, 2.45) is 0 Å². The van der Waals surface area contributed by atoms with Gasteiger partial charge in [-0.05, 0) is 47.5 Å². The third kappa shape index (κ3) is 4.61. The van der Waals surface area contributed by atoms with Gasteiger partial charge in [0.05, 0.1) is 5.52 Å². The topological polar surface area (TPSA) is 37.8 Å². The Labute approximate surface area is 172 Å². The molecule has 0 radical (unpaired) electrons. The molecule has 0 aliphatic carbocycles. The van der Waals surface area contributed by atoms with Gasteiger partial charge in [-0.2, -0.15) is 0 Å². The first-order valence-electron chi connectivity index (χ1n) is 8.80. The van der Waals surface area contributed by atoms with Crippen molar-refractivity contribution in [2.75, 3.05) is 5.32 Å². The molecule has 4 rings (SSSR count). The number of aromatic nitrogens is 2. The van der Waals surface area contributed by atoms with Crippen molar-refractivity contribution in [1.29, 1.82) is 0 Å². The highest BCUT2D eigenvalue weighted by Crippen LogP contribution is 2.27. The number of thioether (sulfide) groups is 1. The van der Waals surface area contributed by atoms with E-state index in [9.17, 15) is 4.39 Å². The molecule has 3 nitrogen and oxygen atoms in total. The summed E-state index contributed by atoms with van der Waals surface area (Å²) in [5.74, 6) is 1.24. The van der Waals surface area contributed by atoms with Gasteiger partial charge in [0.15, 0.2) is 5.16 Å². The van der Waals surface area contributed by atoms with Crippen molar-refractivity contribution in [1.82, 2.24) is 9.97 Å². The summed E-state index contributed by atoms with van der Waals surface area (Å²) in [5, 5.41) is 5.79. The van der Waals surface area contributed by atoms with Gasteiger partial charge in [0.2, 0.25) is 0 Å². The summed E-state index contributed by atoms with van der Waals surface area (Å²) in [5.41, 5.74) is 3.03. The fourth-order valence-corrected chi connectivity index (χ4v) is 3.70. The third-order valence-corrected chi connectivity index (χ3v) is 5.41. The van der Waals surface area contributed by atoms with Gasteiger partial charge in [0, 0.05) is 22.7 Å². The lowest BCUT2D eigenvalue weighted by Gasteiger charge is -2.11. The van der Waals surface area contributed by atoms with E-state index in [0.29, 0.717) is 17.5 Å². The van der Waals surface area contributed by atoms with Gasteiger partial charge in [-0.3, -0.25) is 0 Å². The van der Waals surface area contributed by atoms with Gasteiger partial charge in [-0.15, -0.1) is 0 Å². The van der Waals surface area contributed by atoms with E-state index in [1.54, 1.807) is 12.1 Å². The fraction of sp³-hybridized carbons (Fsp3) is 0.0909. The molecule has 1 N–H and O–H groups in total. The Hall–Kier alpha value is -2.63. The van der Waals surface area contributed by atoms with Crippen LogP contribution in [0.25, 0.3) is 10.9 Å². The van der Waals surface area contributed by atoms with Crippen LogP contribution in [-0.4, -0.2) is 9.97 Å². The smallest absolute Gasteiger partial charge is 0.190 e. The first kappa shape index (κ1) is 18.7. The predicted molar refractivity (Wildman–Crippen MR) is 114 cm³/mol. The molecule has 0 amide bonds. The van der Waals surface area contributed by atoms with Crippen LogP contribution in [0.1, 0.15) is 11.1 Å². The minimum absolute atomic E-state index is 0.232. The quantitative estimate of drug-likeness (QED) is 0.298. The molecular weight excluding hydrogens is 393 g/mol. The Balaban J connectivity index is 1.55. The van der Waals surface area contributed by atoms with Gasteiger partial charge in [-0.25, -0.2) is 14.4 Å². The zero-order chi connectivity index (χ0) is 19.3. The Morgan fingerprint density at radius 3 is 2.36 bits per heavy atom. The molecule has 0 aliphatic heterocycles. The van der Waals surface area contributed by atoms with Crippen LogP contribution in [-0.2, 0) is 12.3 Å². The van der Waals surface area contributed by atoms with E-state index in [-0.39, 0.29) is 5.82 Å². The van der Waals surface area contributed by atoms with Gasteiger partial charge < -0.3 is 5.32 Å². The van der Waals surface area contributed by atoms with E-state index in [1.165, 1.54) is 23.9 Å². The molecule has 0 aliphatic rings. The average molecular weight is 410 g/mol. The molecule has 1 aromatic heterocycles. The molecule has 0 spiro atoms. The first-order valence-corrected chi connectivity index (χ1v) is 10.2. The molecule has 0 unspecified atom stereocenters. The van der Waals surface area contributed by atoms with Gasteiger partial charge in [0.25, 0.3) is 0 Å². The maximum absolute atomic E-state index is 13.1. The van der Waals surface area contributed by atoms with Crippen LogP contribution in [0, 0.1) is 5.82 Å². The van der Waals surface area contributed by atoms with Gasteiger partial charge >= 0.3 is 0 Å². The minimum atomic E-state index is -0.232. The Morgan fingerprint density at radius 1 is 0.857 bits per heavy atom. The summed E-state index contributed by atoms with van der Waals surface area (Å²) < 4.78 is 13.1. The maximum Gasteiger partial charge on any atom is 0.190 e. The van der Waals surface area contributed by atoms with E-state index in [1.807, 2.05) is 48.5 Å². The Bertz CT molecular complexity index is 1090. The average Bonchev–Trinajstić information content (AvgIpc) is 2.73. The standard InChI is InChI=1S/C22H17ClFN3S/c23-17-9-5-15(6-10-17)13-25-21-19-3-1-2-4-20(19)26-22(27-21)28-14-16-7-11-18(24)12-8-16/h1-12H,13-14H2,(H,25,26,27). The molecule has 0 atom stereocenters. The van der Waals surface area contributed by atoms with Crippen molar-refractivity contribution in [2.45, 2.75) is 17.5 Å². The van der Waals surface area contributed by atoms with Crippen LogP contribution in [0.15, 0.2) is 78.0 Å². The number of nitrogens with one attached hydrogen (secondary N) is 1. The Morgan fingerprint density at radius 2 is 1.57 bits per heavy atom. The third-order valence-electron chi connectivity index (χ3n) is 4.24. The van der Waals surface area contributed by atoms with Crippen LogP contribution < -0.4 is 5.32 Å². The SMILES string of the molecule is Fc1ccc(CSc2nc(NCc3ccc(Cl)cc3)c3ccccc3n2)cc1. The summed E-state index contributed by atoms with van der Waals surface area (Å²) >= 11 is 7.49. The van der Waals surface area contributed by atoms with E-state index in [4.69, 9.17) is 16.6 Å². The molecule has 3 aromatic carbocycles. The summed E-state index contributed by atoms with van der Waals surface area (Å²) in [4.78, 5) is 9.36. The van der Waals surface area contributed by atoms with Crippen molar-refractivity contribution in [3.05, 3.63) is 94.8 Å². The minimum Gasteiger partial charge on any atom is -0.365 e. The van der Waals surface area contributed by atoms with E-state index >= 15 is 0 Å². The van der Waals surface area contributed by atoms with Crippen molar-refractivity contribution < 1.29 is 4.39 Å². The largest absolute Gasteiger partial charge is 0.365 e. The monoisotopic (exact) mass is 409 g/mol. The summed E-state index contributed by atoms with van der Waals surface area (Å²) in [6.07, 6.45) is 0. The number of anilines is 1. The number of halogens is 2. The van der Waals surface area contributed by atoms with Crippen LogP contribution in [0.4, 0.5) is 10.2 Å². The number of rotatable bonds is 6. The van der Waals surface area contributed by atoms with E-state index in [0.717, 1.165) is 32.9 Å². The lowest BCUT2D eigenvalue weighted by Crippen LogP contribution is -2.04. The Kier molecular flexibility index (Phi) is 5.74. The lowest BCUT2D eigenvalue weighted by molar-refractivity contribution is 0.627. The molecule has 140 valence electrons. The molecule has 6 heteroatoms. The molecule has 0 saturated heterocycles. The predicted octanol–water partition coefficient (Wildman–Crippen LogP) is 6.33. The number of benzene rings is 3. The van der Waals surface area contributed by atoms with Crippen LogP contribution >= 0.6 is 23.4 Å². The first-order chi connectivity index (χ1) is 13.7. The van der Waals surface area contributed by atoms with Gasteiger partial charge in [0.1, 0.15) is 11.6 Å². The highest BCUT2D eigenvalue weighted by molar-refractivity contribution is 7.98. The number of hydrogen-bond acceptors (Lipinski definition) is 4. The van der Waals surface area contributed by atoms with E-state index < -0.39 is 0 Å². The molecule has 28 heavy (non-hydrogen) atoms. The summed E-state index contributed by atoms with van der Waals surface area (Å²) in [6.45, 7) is 0.639. The molecule has 4 aromatic rings. The molecular formula is C22H17ClFN3S. The molecule has 0 saturated carbocycles. The molecule has 0 bridgehead atoms. The number of hydrogen-bond donors (Lipinski definition) is 1. The fourth-order valence-electron chi connectivity index (χ4n) is 2.77. The van der Waals surface area contributed by atoms with Crippen molar-refractivity contribution in [3.8, 4) is 0 Å². The second kappa shape index (κ2) is 8.59. The number of para-hydroxylation sites is 1. The van der Waals surface area contributed by atoms with Crippen molar-refractivity contribution >= 4 is 40.1 Å². The zero-order valence-corrected chi connectivity index (χ0v) is 16.5. The molecule has 0 fully saturated rings. The van der Waals surface area contributed by atoms with Crippen LogP contribution in [0.3, 0.4) is 0 Å². The number of nitrogens with zero attached hydrogens (tertiary/aromatic N) is 2. The second-order valence-electron chi connectivity index (χ2n) is 6.27. The van der Waals surface area contributed by atoms with E-state index in [2.05, 4.69) is 10.3 Å². The van der Waals surface area contributed by atoms with Crippen LogP contribution in [0.2, 0.25) is 5.02 Å².